The van der Waals surface area contributed by atoms with Gasteiger partial charge in [-0.2, -0.15) is 0 Å². The third kappa shape index (κ3) is 4.77. The lowest BCUT2D eigenvalue weighted by Crippen LogP contribution is -2.54. The van der Waals surface area contributed by atoms with Crippen molar-refractivity contribution in [3.8, 4) is 11.6 Å². The van der Waals surface area contributed by atoms with E-state index >= 15 is 0 Å². The summed E-state index contributed by atoms with van der Waals surface area (Å²) in [5.41, 5.74) is 1.40. The topological polar surface area (TPSA) is 58.6 Å². The molecular weight excluding hydrogens is 419 g/mol. The maximum atomic E-state index is 13.2. The quantitative estimate of drug-likeness (QED) is 0.587. The summed E-state index contributed by atoms with van der Waals surface area (Å²) in [6.45, 7) is 5.67. The Morgan fingerprint density at radius 3 is 2.61 bits per heavy atom. The van der Waals surface area contributed by atoms with Gasteiger partial charge in [0.25, 0.3) is 5.91 Å². The zero-order chi connectivity index (χ0) is 22.0. The number of carbonyl (C=O) groups is 1. The molecule has 0 aliphatic carbocycles. The van der Waals surface area contributed by atoms with Crippen molar-refractivity contribution in [1.29, 1.82) is 0 Å². The minimum Gasteiger partial charge on any atom is -0.439 e. The van der Waals surface area contributed by atoms with E-state index < -0.39 is 0 Å². The van der Waals surface area contributed by atoms with Gasteiger partial charge in [0, 0.05) is 42.3 Å². The minimum atomic E-state index is -0.357. The average Bonchev–Trinajstić information content (AvgIpc) is 2.76. The van der Waals surface area contributed by atoms with Gasteiger partial charge in [-0.05, 0) is 61.9 Å². The number of amides is 1. The molecule has 1 fully saturated rings. The predicted molar refractivity (Wildman–Crippen MR) is 117 cm³/mol. The summed E-state index contributed by atoms with van der Waals surface area (Å²) >= 11 is 6.07. The van der Waals surface area contributed by atoms with Crippen LogP contribution in [0.1, 0.15) is 22.8 Å². The summed E-state index contributed by atoms with van der Waals surface area (Å²) in [7, 11) is 0. The van der Waals surface area contributed by atoms with Gasteiger partial charge in [-0.3, -0.25) is 4.79 Å². The smallest absolute Gasteiger partial charge is 0.254 e. The largest absolute Gasteiger partial charge is 0.439 e. The van der Waals surface area contributed by atoms with Crippen molar-refractivity contribution in [2.24, 2.45) is 0 Å². The Hall–Kier alpha value is -3.19. The molecule has 1 atom stereocenters. The molecule has 1 saturated heterocycles. The highest BCUT2D eigenvalue weighted by atomic mass is 35.5. The van der Waals surface area contributed by atoms with Crippen LogP contribution in [0.3, 0.4) is 0 Å². The summed E-state index contributed by atoms with van der Waals surface area (Å²) in [5.74, 6) is 1.36. The van der Waals surface area contributed by atoms with E-state index in [0.717, 1.165) is 11.4 Å². The highest BCUT2D eigenvalue weighted by Gasteiger charge is 2.29. The number of carbonyl (C=O) groups excluding carboxylic acids is 1. The zero-order valence-electron chi connectivity index (χ0n) is 17.3. The van der Waals surface area contributed by atoms with Crippen LogP contribution in [0.25, 0.3) is 0 Å². The van der Waals surface area contributed by atoms with Gasteiger partial charge in [0.2, 0.25) is 5.88 Å². The zero-order valence-corrected chi connectivity index (χ0v) is 18.0. The molecule has 0 N–H and O–H groups in total. The van der Waals surface area contributed by atoms with Crippen LogP contribution in [-0.2, 0) is 0 Å². The number of hydrogen-bond donors (Lipinski definition) is 0. The monoisotopic (exact) mass is 440 g/mol. The molecule has 2 heterocycles. The molecule has 1 amide bonds. The van der Waals surface area contributed by atoms with Crippen LogP contribution in [0.5, 0.6) is 11.6 Å². The summed E-state index contributed by atoms with van der Waals surface area (Å²) in [5, 5.41) is 0.678. The van der Waals surface area contributed by atoms with E-state index in [2.05, 4.69) is 14.9 Å². The van der Waals surface area contributed by atoms with Crippen molar-refractivity contribution in [2.75, 3.05) is 24.5 Å². The van der Waals surface area contributed by atoms with Crippen LogP contribution >= 0.6 is 11.6 Å². The number of rotatable bonds is 4. The van der Waals surface area contributed by atoms with Crippen LogP contribution < -0.4 is 9.64 Å². The number of hydrogen-bond acceptors (Lipinski definition) is 5. The van der Waals surface area contributed by atoms with Crippen molar-refractivity contribution in [1.82, 2.24) is 14.9 Å². The van der Waals surface area contributed by atoms with Crippen molar-refractivity contribution < 1.29 is 13.9 Å². The molecule has 0 bridgehead atoms. The number of anilines is 1. The van der Waals surface area contributed by atoms with Crippen molar-refractivity contribution >= 4 is 23.3 Å². The van der Waals surface area contributed by atoms with Crippen LogP contribution in [0.15, 0.2) is 54.9 Å². The van der Waals surface area contributed by atoms with Crippen LogP contribution in [0, 0.1) is 12.7 Å². The van der Waals surface area contributed by atoms with Gasteiger partial charge in [0.15, 0.2) is 0 Å². The van der Waals surface area contributed by atoms with E-state index in [1.54, 1.807) is 23.1 Å². The second-order valence-electron chi connectivity index (χ2n) is 7.53. The Morgan fingerprint density at radius 2 is 1.90 bits per heavy atom. The third-order valence-electron chi connectivity index (χ3n) is 5.28. The van der Waals surface area contributed by atoms with Crippen LogP contribution in [0.2, 0.25) is 5.02 Å². The van der Waals surface area contributed by atoms with Gasteiger partial charge in [-0.25, -0.2) is 14.4 Å². The predicted octanol–water partition coefficient (Wildman–Crippen LogP) is 4.72. The summed E-state index contributed by atoms with van der Waals surface area (Å²) in [6, 6.07) is 12.8. The van der Waals surface area contributed by atoms with Crippen molar-refractivity contribution in [2.45, 2.75) is 19.9 Å². The van der Waals surface area contributed by atoms with E-state index in [0.29, 0.717) is 41.8 Å². The fraction of sp³-hybridized carbons (Fsp3) is 0.261. The molecular formula is C23H22ClFN4O2. The van der Waals surface area contributed by atoms with Gasteiger partial charge < -0.3 is 14.5 Å². The number of aromatic nitrogens is 2. The maximum Gasteiger partial charge on any atom is 0.254 e. The average molecular weight is 441 g/mol. The standard InChI is InChI=1S/C23H22ClFN4O2/c1-15-11-19(7-8-20(15)24)31-22-12-21(26-14-27-22)28-9-10-29(16(2)13-28)23(30)17-3-5-18(25)6-4-17/h3-8,11-12,14,16H,9-10,13H2,1-2H3/t16-/m0/s1. The molecule has 2 aromatic carbocycles. The lowest BCUT2D eigenvalue weighted by molar-refractivity contribution is 0.0673. The molecule has 31 heavy (non-hydrogen) atoms. The van der Waals surface area contributed by atoms with Gasteiger partial charge in [0.05, 0.1) is 0 Å². The molecule has 0 unspecified atom stereocenters. The van der Waals surface area contributed by atoms with Gasteiger partial charge in [-0.1, -0.05) is 11.6 Å². The Kier molecular flexibility index (Phi) is 6.04. The first-order valence-electron chi connectivity index (χ1n) is 9.98. The summed E-state index contributed by atoms with van der Waals surface area (Å²) in [4.78, 5) is 25.3. The molecule has 0 saturated carbocycles. The number of benzene rings is 2. The highest BCUT2D eigenvalue weighted by Crippen LogP contribution is 2.27. The fourth-order valence-corrected chi connectivity index (χ4v) is 3.70. The van der Waals surface area contributed by atoms with E-state index in [9.17, 15) is 9.18 Å². The molecule has 3 aromatic rings. The van der Waals surface area contributed by atoms with E-state index in [-0.39, 0.29) is 17.8 Å². The third-order valence-corrected chi connectivity index (χ3v) is 5.71. The lowest BCUT2D eigenvalue weighted by atomic mass is 10.1. The highest BCUT2D eigenvalue weighted by molar-refractivity contribution is 6.31. The number of ether oxygens (including phenoxy) is 1. The normalized spacial score (nSPS) is 16.3. The Morgan fingerprint density at radius 1 is 1.13 bits per heavy atom. The second kappa shape index (κ2) is 8.89. The molecule has 0 radical (unpaired) electrons. The van der Waals surface area contributed by atoms with E-state index in [4.69, 9.17) is 16.3 Å². The first-order chi connectivity index (χ1) is 14.9. The Bertz CT molecular complexity index is 1090. The maximum absolute atomic E-state index is 13.2. The van der Waals surface area contributed by atoms with Crippen molar-refractivity contribution in [3.63, 3.8) is 0 Å². The SMILES string of the molecule is Cc1cc(Oc2cc(N3CCN(C(=O)c4ccc(F)cc4)[C@@H](C)C3)ncn2)ccc1Cl. The van der Waals surface area contributed by atoms with Crippen molar-refractivity contribution in [3.05, 3.63) is 76.8 Å². The van der Waals surface area contributed by atoms with Gasteiger partial charge in [-0.15, -0.1) is 0 Å². The van der Waals surface area contributed by atoms with E-state index in [1.807, 2.05) is 19.9 Å². The molecule has 160 valence electrons. The molecule has 4 rings (SSSR count). The van der Waals surface area contributed by atoms with Gasteiger partial charge >= 0.3 is 0 Å². The number of nitrogens with zero attached hydrogens (tertiary/aromatic N) is 4. The van der Waals surface area contributed by atoms with Crippen LogP contribution in [0.4, 0.5) is 10.2 Å². The second-order valence-corrected chi connectivity index (χ2v) is 7.94. The number of piperazine rings is 1. The summed E-state index contributed by atoms with van der Waals surface area (Å²) < 4.78 is 19.0. The molecule has 8 heteroatoms. The fourth-order valence-electron chi connectivity index (χ4n) is 3.59. The molecule has 6 nitrogen and oxygen atoms in total. The van der Waals surface area contributed by atoms with E-state index in [1.165, 1.54) is 30.6 Å². The Labute approximate surface area is 185 Å². The molecule has 0 spiro atoms. The summed E-state index contributed by atoms with van der Waals surface area (Å²) in [6.07, 6.45) is 1.47. The van der Waals surface area contributed by atoms with Crippen LogP contribution in [-0.4, -0.2) is 46.5 Å². The van der Waals surface area contributed by atoms with Gasteiger partial charge in [0.1, 0.15) is 23.7 Å². The molecule has 1 aromatic heterocycles. The Balaban J connectivity index is 1.44. The number of aryl methyl sites for hydroxylation is 1. The first kappa shape index (κ1) is 21.1. The lowest BCUT2D eigenvalue weighted by Gasteiger charge is -2.40. The molecule has 1 aliphatic heterocycles. The minimum absolute atomic E-state index is 0.0375. The number of halogens is 2. The first-order valence-corrected chi connectivity index (χ1v) is 10.4. The molecule has 1 aliphatic rings.